The third-order valence-corrected chi connectivity index (χ3v) is 3.31. The Balaban J connectivity index is 2.35. The molecule has 2 rings (SSSR count). The Morgan fingerprint density at radius 2 is 1.33 bits per heavy atom. The van der Waals surface area contributed by atoms with Crippen LogP contribution in [0.5, 0.6) is 0 Å². The van der Waals surface area contributed by atoms with E-state index < -0.39 is 36.5 Å². The Bertz CT molecular complexity index is 428. The van der Waals surface area contributed by atoms with Gasteiger partial charge in [0.25, 0.3) is 0 Å². The summed E-state index contributed by atoms with van der Waals surface area (Å²) < 4.78 is 54.9. The zero-order valence-corrected chi connectivity index (χ0v) is 9.31. The van der Waals surface area contributed by atoms with E-state index >= 15 is 0 Å². The Morgan fingerprint density at radius 1 is 0.833 bits per heavy atom. The van der Waals surface area contributed by atoms with E-state index in [1.807, 2.05) is 0 Å². The van der Waals surface area contributed by atoms with E-state index in [2.05, 4.69) is 0 Å². The molecule has 4 atom stereocenters. The third-order valence-electron chi connectivity index (χ3n) is 3.31. The van der Waals surface area contributed by atoms with Crippen LogP contribution in [0.2, 0.25) is 0 Å². The van der Waals surface area contributed by atoms with Gasteiger partial charge in [-0.25, -0.2) is 17.6 Å². The molecular formula is C13H11F4N. The zero-order chi connectivity index (χ0) is 13.3. The van der Waals surface area contributed by atoms with Gasteiger partial charge in [0.2, 0.25) is 0 Å². The van der Waals surface area contributed by atoms with Gasteiger partial charge in [-0.15, -0.1) is 0 Å². The van der Waals surface area contributed by atoms with Crippen molar-refractivity contribution in [3.8, 4) is 6.07 Å². The quantitative estimate of drug-likeness (QED) is 0.708. The van der Waals surface area contributed by atoms with E-state index in [-0.39, 0.29) is 5.56 Å². The predicted molar refractivity (Wildman–Crippen MR) is 57.9 cm³/mol. The lowest BCUT2D eigenvalue weighted by molar-refractivity contribution is -0.0334. The molecule has 0 bridgehead atoms. The number of halogens is 4. The lowest BCUT2D eigenvalue weighted by atomic mass is 9.74. The summed E-state index contributed by atoms with van der Waals surface area (Å²) in [6, 6.07) is 8.90. The number of rotatable bonds is 1. The average molecular weight is 257 g/mol. The molecule has 18 heavy (non-hydrogen) atoms. The van der Waals surface area contributed by atoms with Gasteiger partial charge in [0, 0.05) is 0 Å². The Morgan fingerprint density at radius 3 is 1.78 bits per heavy atom. The summed E-state index contributed by atoms with van der Waals surface area (Å²) in [7, 11) is 0. The van der Waals surface area contributed by atoms with Gasteiger partial charge in [-0.2, -0.15) is 5.26 Å². The van der Waals surface area contributed by atoms with Crippen LogP contribution in [0.25, 0.3) is 0 Å². The van der Waals surface area contributed by atoms with Gasteiger partial charge in [-0.3, -0.25) is 0 Å². The second-order valence-corrected chi connectivity index (χ2v) is 4.37. The zero-order valence-electron chi connectivity index (χ0n) is 9.31. The highest BCUT2D eigenvalue weighted by Gasteiger charge is 2.53. The summed E-state index contributed by atoms with van der Waals surface area (Å²) in [5.41, 5.74) is 0.208. The smallest absolute Gasteiger partial charge is 0.151 e. The molecular weight excluding hydrogens is 246 g/mol. The fourth-order valence-electron chi connectivity index (χ4n) is 2.33. The van der Waals surface area contributed by atoms with Crippen molar-refractivity contribution in [1.29, 1.82) is 5.26 Å². The molecule has 96 valence electrons. The van der Waals surface area contributed by atoms with Gasteiger partial charge >= 0.3 is 0 Å². The molecule has 0 aliphatic heterocycles. The molecule has 4 unspecified atom stereocenters. The van der Waals surface area contributed by atoms with Gasteiger partial charge < -0.3 is 0 Å². The van der Waals surface area contributed by atoms with Gasteiger partial charge in [-0.05, 0) is 5.56 Å². The lowest BCUT2D eigenvalue weighted by Crippen LogP contribution is -2.50. The number of hydrogen-bond donors (Lipinski definition) is 0. The Labute approximate surface area is 102 Å². The average Bonchev–Trinajstić information content (AvgIpc) is 2.39. The van der Waals surface area contributed by atoms with Crippen LogP contribution in [0, 0.1) is 17.2 Å². The normalized spacial score (nSPS) is 40.2. The number of nitriles is 1. The van der Waals surface area contributed by atoms with Crippen LogP contribution >= 0.6 is 0 Å². The minimum atomic E-state index is -2.30. The van der Waals surface area contributed by atoms with Crippen LogP contribution in [0.15, 0.2) is 30.3 Å². The van der Waals surface area contributed by atoms with E-state index in [1.54, 1.807) is 18.2 Å². The molecule has 5 heteroatoms. The topological polar surface area (TPSA) is 23.8 Å². The van der Waals surface area contributed by atoms with Crippen LogP contribution < -0.4 is 0 Å². The fraction of sp³-hybridized carbons (Fsp3) is 0.462. The summed E-state index contributed by atoms with van der Waals surface area (Å²) >= 11 is 0. The molecule has 1 aliphatic rings. The standard InChI is InChI=1S/C13H11F4N/c14-10-8(6-18)11(15)13(17)9(12(10)16)7-4-2-1-3-5-7/h1-5,8-13H. The van der Waals surface area contributed by atoms with Gasteiger partial charge in [-0.1, -0.05) is 30.3 Å². The minimum absolute atomic E-state index is 0.208. The lowest BCUT2D eigenvalue weighted by Gasteiger charge is -2.37. The molecule has 1 saturated carbocycles. The van der Waals surface area contributed by atoms with E-state index in [0.29, 0.717) is 0 Å². The number of benzene rings is 1. The van der Waals surface area contributed by atoms with Crippen LogP contribution in [0.1, 0.15) is 11.5 Å². The molecule has 0 saturated heterocycles. The molecule has 1 aliphatic carbocycles. The molecule has 0 aromatic heterocycles. The van der Waals surface area contributed by atoms with Crippen molar-refractivity contribution in [1.82, 2.24) is 0 Å². The Hall–Kier alpha value is -1.57. The highest BCUT2D eigenvalue weighted by atomic mass is 19.2. The molecule has 0 radical (unpaired) electrons. The van der Waals surface area contributed by atoms with Gasteiger partial charge in [0.1, 0.15) is 18.3 Å². The summed E-state index contributed by atoms with van der Waals surface area (Å²) in [5.74, 6) is -3.38. The van der Waals surface area contributed by atoms with E-state index in [1.165, 1.54) is 18.2 Å². The van der Waals surface area contributed by atoms with Crippen molar-refractivity contribution in [2.24, 2.45) is 5.92 Å². The molecule has 1 aromatic carbocycles. The molecule has 1 nitrogen and oxygen atoms in total. The summed E-state index contributed by atoms with van der Waals surface area (Å²) in [5, 5.41) is 8.56. The second kappa shape index (κ2) is 4.97. The van der Waals surface area contributed by atoms with Crippen molar-refractivity contribution < 1.29 is 17.6 Å². The minimum Gasteiger partial charge on any atom is -0.243 e. The molecule has 0 amide bonds. The summed E-state index contributed by atoms with van der Waals surface area (Å²) in [6.07, 6.45) is -9.03. The predicted octanol–water partition coefficient (Wildman–Crippen LogP) is 3.28. The second-order valence-electron chi connectivity index (χ2n) is 4.37. The van der Waals surface area contributed by atoms with E-state index in [9.17, 15) is 17.6 Å². The van der Waals surface area contributed by atoms with Crippen LogP contribution in [0.3, 0.4) is 0 Å². The van der Waals surface area contributed by atoms with Crippen molar-refractivity contribution in [2.45, 2.75) is 30.6 Å². The monoisotopic (exact) mass is 257 g/mol. The van der Waals surface area contributed by atoms with Crippen LogP contribution in [-0.2, 0) is 0 Å². The van der Waals surface area contributed by atoms with Crippen LogP contribution in [-0.4, -0.2) is 24.7 Å². The van der Waals surface area contributed by atoms with E-state index in [4.69, 9.17) is 5.26 Å². The fourth-order valence-corrected chi connectivity index (χ4v) is 2.33. The molecule has 0 heterocycles. The first-order valence-corrected chi connectivity index (χ1v) is 5.58. The largest absolute Gasteiger partial charge is 0.243 e. The van der Waals surface area contributed by atoms with Gasteiger partial charge in [0.15, 0.2) is 12.3 Å². The molecule has 0 N–H and O–H groups in total. The molecule has 1 aromatic rings. The first-order valence-electron chi connectivity index (χ1n) is 5.58. The van der Waals surface area contributed by atoms with Crippen molar-refractivity contribution in [3.63, 3.8) is 0 Å². The highest BCUT2D eigenvalue weighted by molar-refractivity contribution is 5.26. The Kier molecular flexibility index (Phi) is 3.55. The first kappa shape index (κ1) is 12.9. The maximum atomic E-state index is 13.9. The first-order chi connectivity index (χ1) is 8.57. The van der Waals surface area contributed by atoms with Crippen molar-refractivity contribution in [3.05, 3.63) is 35.9 Å². The summed E-state index contributed by atoms with van der Waals surface area (Å²) in [4.78, 5) is 0. The van der Waals surface area contributed by atoms with Crippen molar-refractivity contribution >= 4 is 0 Å². The molecule has 0 spiro atoms. The van der Waals surface area contributed by atoms with Crippen LogP contribution in [0.4, 0.5) is 17.6 Å². The number of alkyl halides is 4. The third kappa shape index (κ3) is 1.96. The van der Waals surface area contributed by atoms with E-state index in [0.717, 1.165) is 0 Å². The SMILES string of the molecule is N#CC1C(F)C(F)C(c2ccccc2)C(F)C1F. The number of nitrogens with zero attached hydrogens (tertiary/aromatic N) is 1. The highest BCUT2D eigenvalue weighted by Crippen LogP contribution is 2.42. The maximum absolute atomic E-state index is 13.9. The van der Waals surface area contributed by atoms with Gasteiger partial charge in [0.05, 0.1) is 12.0 Å². The summed E-state index contributed by atoms with van der Waals surface area (Å²) in [6.45, 7) is 0. The maximum Gasteiger partial charge on any atom is 0.151 e. The number of hydrogen-bond acceptors (Lipinski definition) is 1. The van der Waals surface area contributed by atoms with Crippen molar-refractivity contribution in [2.75, 3.05) is 0 Å². The molecule has 1 fully saturated rings.